The van der Waals surface area contributed by atoms with Gasteiger partial charge >= 0.3 is 0 Å². The molecule has 3 fully saturated rings. The number of carbonyl (C=O) groups excluding carboxylic acids is 1. The zero-order chi connectivity index (χ0) is 68.2. The van der Waals surface area contributed by atoms with E-state index in [0.29, 0.717) is 12.8 Å². The van der Waals surface area contributed by atoms with Gasteiger partial charge in [-0.25, -0.2) is 0 Å². The van der Waals surface area contributed by atoms with Crippen LogP contribution in [0.2, 0.25) is 0 Å². The van der Waals surface area contributed by atoms with Crippen molar-refractivity contribution in [1.82, 2.24) is 5.32 Å². The Balaban J connectivity index is 1.36. The zero-order valence-electron chi connectivity index (χ0n) is 59.0. The van der Waals surface area contributed by atoms with Gasteiger partial charge in [0.15, 0.2) is 18.9 Å². The largest absolute Gasteiger partial charge is 0.394 e. The molecule has 0 aromatic rings. The molecule has 0 radical (unpaired) electrons. The van der Waals surface area contributed by atoms with Crippen molar-refractivity contribution in [3.63, 3.8) is 0 Å². The molecule has 19 nitrogen and oxygen atoms in total. The van der Waals surface area contributed by atoms with E-state index in [2.05, 4.69) is 43.5 Å². The standard InChI is InChI=1S/C75H141NO18/c1-3-5-7-9-11-13-15-17-19-21-23-24-25-26-27-28-29-30-31-32-33-34-35-37-39-41-43-45-47-49-51-53-63(81)76-58(59(80)52-50-48-46-44-42-40-38-36-22-20-18-16-14-12-10-8-6-4-2)57-89-73-69(87)66(84)71(61(55-78)91-73)94-75-70(88)67(85)72(62(56-79)92-75)93-74-68(86)65(83)64(82)60(54-77)90-74/h15,17,21,23,58-62,64-75,77-80,82-88H,3-14,16,18-20,22,24-57H2,1-2H3,(H,76,81)/b17-15-,23-21-. The zero-order valence-corrected chi connectivity index (χ0v) is 59.0. The summed E-state index contributed by atoms with van der Waals surface area (Å²) in [6.07, 6.45) is 39.8. The number of rotatable bonds is 61. The van der Waals surface area contributed by atoms with Gasteiger partial charge in [0.05, 0.1) is 38.6 Å². The smallest absolute Gasteiger partial charge is 0.220 e. The summed E-state index contributed by atoms with van der Waals surface area (Å²) in [4.78, 5) is 13.5. The molecule has 12 N–H and O–H groups in total. The van der Waals surface area contributed by atoms with E-state index in [1.165, 1.54) is 231 Å². The minimum atomic E-state index is -1.97. The number of allylic oxidation sites excluding steroid dienone is 4. The van der Waals surface area contributed by atoms with Crippen LogP contribution >= 0.6 is 0 Å². The lowest BCUT2D eigenvalue weighted by Gasteiger charge is -2.48. The first kappa shape index (κ1) is 86.5. The van der Waals surface area contributed by atoms with Gasteiger partial charge in [-0.1, -0.05) is 289 Å². The third-order valence-corrected chi connectivity index (χ3v) is 19.5. The van der Waals surface area contributed by atoms with Gasteiger partial charge in [0.2, 0.25) is 5.91 Å². The van der Waals surface area contributed by atoms with Gasteiger partial charge in [-0.15, -0.1) is 0 Å². The second-order valence-corrected chi connectivity index (χ2v) is 27.8. The first-order valence-electron chi connectivity index (χ1n) is 38.6. The Morgan fingerprint density at radius 3 is 1.09 bits per heavy atom. The number of amides is 1. The van der Waals surface area contributed by atoms with E-state index in [0.717, 1.165) is 51.4 Å². The van der Waals surface area contributed by atoms with Crippen molar-refractivity contribution >= 4 is 5.91 Å². The van der Waals surface area contributed by atoms with Crippen LogP contribution in [0.3, 0.4) is 0 Å². The van der Waals surface area contributed by atoms with Crippen molar-refractivity contribution in [2.75, 3.05) is 26.4 Å². The topological polar surface area (TPSA) is 307 Å². The Hall–Kier alpha value is -1.73. The third kappa shape index (κ3) is 37.6. The van der Waals surface area contributed by atoms with Crippen LogP contribution in [0.5, 0.6) is 0 Å². The Bertz CT molecular complexity index is 1800. The molecule has 0 saturated carbocycles. The number of unbranched alkanes of at least 4 members (excludes halogenated alkanes) is 41. The van der Waals surface area contributed by atoms with Gasteiger partial charge < -0.3 is 89.9 Å². The molecule has 0 aliphatic carbocycles. The van der Waals surface area contributed by atoms with Crippen LogP contribution in [0.1, 0.15) is 316 Å². The van der Waals surface area contributed by atoms with Crippen LogP contribution in [0.25, 0.3) is 0 Å². The predicted octanol–water partition coefficient (Wildman–Crippen LogP) is 11.8. The summed E-state index contributed by atoms with van der Waals surface area (Å²) in [6, 6.07) is -0.885. The number of hydrogen-bond acceptors (Lipinski definition) is 18. The maximum Gasteiger partial charge on any atom is 0.220 e. The number of aliphatic hydroxyl groups is 11. The number of aliphatic hydroxyl groups excluding tert-OH is 11. The molecular formula is C75H141NO18. The summed E-state index contributed by atoms with van der Waals surface area (Å²) in [5.41, 5.74) is 0. The molecule has 0 aromatic heterocycles. The van der Waals surface area contributed by atoms with Crippen molar-refractivity contribution in [2.45, 2.75) is 420 Å². The molecule has 19 heteroatoms. The van der Waals surface area contributed by atoms with Crippen LogP contribution in [0.4, 0.5) is 0 Å². The van der Waals surface area contributed by atoms with E-state index < -0.39 is 124 Å². The highest BCUT2D eigenvalue weighted by Crippen LogP contribution is 2.33. The second kappa shape index (κ2) is 57.0. The van der Waals surface area contributed by atoms with Gasteiger partial charge in [-0.05, 0) is 44.9 Å². The maximum atomic E-state index is 13.5. The molecule has 94 heavy (non-hydrogen) atoms. The molecule has 0 aromatic carbocycles. The molecule has 3 rings (SSSR count). The van der Waals surface area contributed by atoms with Crippen molar-refractivity contribution < 1.29 is 89.4 Å². The lowest BCUT2D eigenvalue weighted by molar-refractivity contribution is -0.379. The van der Waals surface area contributed by atoms with Gasteiger partial charge in [-0.2, -0.15) is 0 Å². The summed E-state index contributed by atoms with van der Waals surface area (Å²) in [5.74, 6) is -0.237. The van der Waals surface area contributed by atoms with Crippen molar-refractivity contribution in [2.24, 2.45) is 0 Å². The highest BCUT2D eigenvalue weighted by Gasteiger charge is 2.53. The summed E-state index contributed by atoms with van der Waals surface area (Å²) in [5, 5.41) is 121. The summed E-state index contributed by atoms with van der Waals surface area (Å²) >= 11 is 0. The Kier molecular flexibility index (Phi) is 52.4. The van der Waals surface area contributed by atoms with E-state index in [-0.39, 0.29) is 18.9 Å². The minimum Gasteiger partial charge on any atom is -0.394 e. The Labute approximate surface area is 568 Å². The van der Waals surface area contributed by atoms with Crippen LogP contribution in [0.15, 0.2) is 24.3 Å². The predicted molar refractivity (Wildman–Crippen MR) is 370 cm³/mol. The minimum absolute atomic E-state index is 0.237. The van der Waals surface area contributed by atoms with Crippen molar-refractivity contribution in [3.05, 3.63) is 24.3 Å². The van der Waals surface area contributed by atoms with E-state index >= 15 is 0 Å². The van der Waals surface area contributed by atoms with Crippen molar-refractivity contribution in [1.29, 1.82) is 0 Å². The van der Waals surface area contributed by atoms with Gasteiger partial charge in [0.25, 0.3) is 0 Å². The molecule has 3 aliphatic rings. The first-order valence-corrected chi connectivity index (χ1v) is 38.6. The number of ether oxygens (including phenoxy) is 6. The number of hydrogen-bond donors (Lipinski definition) is 12. The molecule has 554 valence electrons. The number of carbonyl (C=O) groups is 1. The molecule has 3 aliphatic heterocycles. The maximum absolute atomic E-state index is 13.5. The number of nitrogens with one attached hydrogen (secondary N) is 1. The highest BCUT2D eigenvalue weighted by atomic mass is 16.8. The van der Waals surface area contributed by atoms with Crippen LogP contribution < -0.4 is 5.32 Å². The molecule has 0 bridgehead atoms. The summed E-state index contributed by atoms with van der Waals surface area (Å²) < 4.78 is 34.5. The van der Waals surface area contributed by atoms with Gasteiger partial charge in [0, 0.05) is 6.42 Å². The van der Waals surface area contributed by atoms with Crippen molar-refractivity contribution in [3.8, 4) is 0 Å². The first-order chi connectivity index (χ1) is 45.8. The van der Waals surface area contributed by atoms with E-state index in [1.807, 2.05) is 0 Å². The fourth-order valence-corrected chi connectivity index (χ4v) is 13.3. The summed E-state index contributed by atoms with van der Waals surface area (Å²) in [6.45, 7) is 1.83. The summed E-state index contributed by atoms with van der Waals surface area (Å²) in [7, 11) is 0. The monoisotopic (exact) mass is 1340 g/mol. The van der Waals surface area contributed by atoms with Gasteiger partial charge in [-0.3, -0.25) is 4.79 Å². The van der Waals surface area contributed by atoms with E-state index in [4.69, 9.17) is 28.4 Å². The lowest BCUT2D eigenvalue weighted by atomic mass is 9.96. The Morgan fingerprint density at radius 2 is 0.702 bits per heavy atom. The van der Waals surface area contributed by atoms with Gasteiger partial charge in [0.1, 0.15) is 73.2 Å². The fraction of sp³-hybridized carbons (Fsp3) is 0.933. The average molecular weight is 1340 g/mol. The normalized spacial score (nSPS) is 27.4. The fourth-order valence-electron chi connectivity index (χ4n) is 13.3. The molecule has 17 unspecified atom stereocenters. The molecule has 3 saturated heterocycles. The van der Waals surface area contributed by atoms with E-state index in [9.17, 15) is 61.0 Å². The third-order valence-electron chi connectivity index (χ3n) is 19.5. The molecular weight excluding hydrogens is 1200 g/mol. The quantitative estimate of drug-likeness (QED) is 0.0199. The van der Waals surface area contributed by atoms with Crippen LogP contribution in [-0.2, 0) is 33.2 Å². The molecule has 17 atom stereocenters. The second-order valence-electron chi connectivity index (χ2n) is 27.8. The highest BCUT2D eigenvalue weighted by molar-refractivity contribution is 5.76. The Morgan fingerprint density at radius 1 is 0.383 bits per heavy atom. The molecule has 0 spiro atoms. The SMILES string of the molecule is CCCCCCC/C=C\C/C=C\CCCCCCCCCCCCCCCCCCCCCC(=O)NC(COC1OC(CO)C(OC2OC(CO)C(OC3OC(CO)C(O)C(O)C3O)C(O)C2O)C(O)C1O)C(O)CCCCCCCCCCCCCCCCCCCC. The lowest BCUT2D eigenvalue weighted by Crippen LogP contribution is -2.66. The average Bonchev–Trinajstić information content (AvgIpc) is 0.787. The van der Waals surface area contributed by atoms with E-state index in [1.54, 1.807) is 0 Å². The molecule has 1 amide bonds. The van der Waals surface area contributed by atoms with Crippen LogP contribution in [-0.4, -0.2) is 193 Å². The molecule has 3 heterocycles. The van der Waals surface area contributed by atoms with Crippen LogP contribution in [0, 0.1) is 0 Å².